The van der Waals surface area contributed by atoms with Gasteiger partial charge in [-0.1, -0.05) is 12.8 Å². The Bertz CT molecular complexity index is 1620. The van der Waals surface area contributed by atoms with Crippen LogP contribution in [0.2, 0.25) is 0 Å². The Labute approximate surface area is 205 Å². The van der Waals surface area contributed by atoms with Crippen molar-refractivity contribution in [3.63, 3.8) is 0 Å². The van der Waals surface area contributed by atoms with Crippen molar-refractivity contribution in [1.29, 1.82) is 0 Å². The van der Waals surface area contributed by atoms with Crippen molar-refractivity contribution >= 4 is 48.6 Å². The van der Waals surface area contributed by atoms with Crippen LogP contribution in [0.5, 0.6) is 5.75 Å². The van der Waals surface area contributed by atoms with E-state index in [1.54, 1.807) is 16.8 Å². The average molecular weight is 536 g/mol. The number of sulfonamides is 2. The molecule has 3 N–H and O–H groups in total. The third kappa shape index (κ3) is 4.81. The van der Waals surface area contributed by atoms with Gasteiger partial charge < -0.3 is 10.4 Å². The van der Waals surface area contributed by atoms with Crippen LogP contribution < -0.4 is 15.6 Å². The molecule has 2 aliphatic rings. The molecule has 35 heavy (non-hydrogen) atoms. The summed E-state index contributed by atoms with van der Waals surface area (Å²) in [4.78, 5) is 13.1. The largest absolute Gasteiger partial charge is 0.505 e. The highest BCUT2D eigenvalue weighted by atomic mass is 32.2. The SMILES string of the molecule is CS(=O)(=O)Nc1ccc2c(c1)S(=O)(=O)N=C(c1c(O)c(-c3ccsc3)nn(CCC3CC3)c1=O)N2. The van der Waals surface area contributed by atoms with Crippen LogP contribution in [0.1, 0.15) is 24.8 Å². The van der Waals surface area contributed by atoms with E-state index in [1.165, 1.54) is 28.2 Å². The van der Waals surface area contributed by atoms with Crippen molar-refractivity contribution in [2.45, 2.75) is 30.7 Å². The van der Waals surface area contributed by atoms with Gasteiger partial charge in [0.2, 0.25) is 10.0 Å². The second-order valence-electron chi connectivity index (χ2n) is 8.47. The first-order valence-electron chi connectivity index (χ1n) is 10.6. The number of aromatic hydroxyl groups is 1. The zero-order valence-corrected chi connectivity index (χ0v) is 20.9. The number of anilines is 2. The summed E-state index contributed by atoms with van der Waals surface area (Å²) in [5.41, 5.74) is -0.0930. The van der Waals surface area contributed by atoms with Crippen molar-refractivity contribution in [2.75, 3.05) is 16.3 Å². The summed E-state index contributed by atoms with van der Waals surface area (Å²) in [6, 6.07) is 5.61. The predicted octanol–water partition coefficient (Wildman–Crippen LogP) is 2.41. The molecule has 1 fully saturated rings. The lowest BCUT2D eigenvalue weighted by atomic mass is 10.1. The molecule has 1 aliphatic heterocycles. The van der Waals surface area contributed by atoms with Crippen LogP contribution in [-0.4, -0.2) is 43.8 Å². The topological polar surface area (TPSA) is 160 Å². The van der Waals surface area contributed by atoms with Crippen LogP contribution in [0.25, 0.3) is 11.3 Å². The maximum atomic E-state index is 13.3. The maximum Gasteiger partial charge on any atom is 0.286 e. The Morgan fingerprint density at radius 2 is 2.06 bits per heavy atom. The molecule has 0 bridgehead atoms. The number of rotatable bonds is 7. The van der Waals surface area contributed by atoms with Crippen molar-refractivity contribution in [3.05, 3.63) is 50.9 Å². The van der Waals surface area contributed by atoms with Gasteiger partial charge in [0.1, 0.15) is 16.2 Å². The van der Waals surface area contributed by atoms with E-state index in [4.69, 9.17) is 0 Å². The number of nitrogens with one attached hydrogen (secondary N) is 2. The van der Waals surface area contributed by atoms with Gasteiger partial charge in [-0.2, -0.15) is 24.9 Å². The van der Waals surface area contributed by atoms with Gasteiger partial charge >= 0.3 is 0 Å². The van der Waals surface area contributed by atoms with Gasteiger partial charge in [-0.15, -0.1) is 4.40 Å². The number of hydrogen-bond acceptors (Lipinski definition) is 9. The molecular weight excluding hydrogens is 514 g/mol. The number of hydrogen-bond donors (Lipinski definition) is 3. The Morgan fingerprint density at radius 1 is 1.29 bits per heavy atom. The van der Waals surface area contributed by atoms with E-state index in [0.717, 1.165) is 31.6 Å². The fourth-order valence-corrected chi connectivity index (χ4v) is 6.12. The second-order valence-corrected chi connectivity index (χ2v) is 12.6. The van der Waals surface area contributed by atoms with E-state index in [-0.39, 0.29) is 33.4 Å². The number of aromatic nitrogens is 2. The molecule has 3 heterocycles. The third-order valence-corrected chi connectivity index (χ3v) is 8.24. The summed E-state index contributed by atoms with van der Waals surface area (Å²) in [6.07, 6.45) is 3.88. The summed E-state index contributed by atoms with van der Waals surface area (Å²) in [5, 5.41) is 21.8. The van der Waals surface area contributed by atoms with E-state index >= 15 is 0 Å². The number of amidine groups is 1. The smallest absolute Gasteiger partial charge is 0.286 e. The van der Waals surface area contributed by atoms with Crippen LogP contribution in [0.4, 0.5) is 11.4 Å². The highest BCUT2D eigenvalue weighted by Gasteiger charge is 2.31. The van der Waals surface area contributed by atoms with Crippen LogP contribution in [0, 0.1) is 5.92 Å². The first kappa shape index (κ1) is 23.5. The van der Waals surface area contributed by atoms with Gasteiger partial charge in [0.15, 0.2) is 11.6 Å². The molecule has 1 aliphatic carbocycles. The summed E-state index contributed by atoms with van der Waals surface area (Å²) in [7, 11) is -7.96. The molecule has 3 aromatic rings. The van der Waals surface area contributed by atoms with Gasteiger partial charge in [-0.25, -0.2) is 13.1 Å². The second kappa shape index (κ2) is 8.46. The van der Waals surface area contributed by atoms with Crippen LogP contribution in [-0.2, 0) is 26.6 Å². The minimum atomic E-state index is -4.33. The quantitative estimate of drug-likeness (QED) is 0.416. The molecule has 0 amide bonds. The lowest BCUT2D eigenvalue weighted by molar-refractivity contribution is 0.455. The molecule has 0 radical (unpaired) electrons. The Kier molecular flexibility index (Phi) is 5.68. The fraction of sp³-hybridized carbons (Fsp3) is 0.286. The molecule has 0 spiro atoms. The first-order chi connectivity index (χ1) is 16.5. The van der Waals surface area contributed by atoms with E-state index < -0.39 is 31.4 Å². The Morgan fingerprint density at radius 3 is 2.71 bits per heavy atom. The van der Waals surface area contributed by atoms with Gasteiger partial charge in [-0.05, 0) is 42.0 Å². The molecule has 1 aromatic carbocycles. The molecule has 184 valence electrons. The zero-order valence-electron chi connectivity index (χ0n) is 18.4. The molecule has 1 saturated carbocycles. The molecule has 0 atom stereocenters. The van der Waals surface area contributed by atoms with E-state index in [0.29, 0.717) is 18.0 Å². The molecule has 0 saturated heterocycles. The van der Waals surface area contributed by atoms with E-state index in [2.05, 4.69) is 19.5 Å². The van der Waals surface area contributed by atoms with E-state index in [1.807, 2.05) is 0 Å². The van der Waals surface area contributed by atoms with Crippen LogP contribution in [0.3, 0.4) is 0 Å². The Balaban J connectivity index is 1.62. The van der Waals surface area contributed by atoms with Crippen LogP contribution in [0.15, 0.2) is 49.1 Å². The number of fused-ring (bicyclic) bond motifs is 1. The first-order valence-corrected chi connectivity index (χ1v) is 14.9. The molecular formula is C21H21N5O6S3. The maximum absolute atomic E-state index is 13.3. The van der Waals surface area contributed by atoms with Crippen molar-refractivity contribution < 1.29 is 21.9 Å². The van der Waals surface area contributed by atoms with Gasteiger partial charge in [-0.3, -0.25) is 9.52 Å². The number of benzene rings is 1. The summed E-state index contributed by atoms with van der Waals surface area (Å²) in [5.74, 6) is -0.281. The lowest BCUT2D eigenvalue weighted by Gasteiger charge is -2.20. The highest BCUT2D eigenvalue weighted by Crippen LogP contribution is 2.36. The average Bonchev–Trinajstić information content (AvgIpc) is 3.43. The summed E-state index contributed by atoms with van der Waals surface area (Å²) >= 11 is 1.39. The van der Waals surface area contributed by atoms with Crippen molar-refractivity contribution in [3.8, 4) is 17.0 Å². The van der Waals surface area contributed by atoms with Gasteiger partial charge in [0.05, 0.1) is 11.9 Å². The number of nitrogens with zero attached hydrogens (tertiary/aromatic N) is 3. The fourth-order valence-electron chi connectivity index (χ4n) is 3.78. The molecule has 5 rings (SSSR count). The Hall–Kier alpha value is -3.23. The normalized spacial score (nSPS) is 16.8. The summed E-state index contributed by atoms with van der Waals surface area (Å²) < 4.78 is 56.3. The van der Waals surface area contributed by atoms with E-state index in [9.17, 15) is 26.7 Å². The van der Waals surface area contributed by atoms with Crippen molar-refractivity contribution in [2.24, 2.45) is 10.3 Å². The monoisotopic (exact) mass is 535 g/mol. The molecule has 11 nitrogen and oxygen atoms in total. The third-order valence-electron chi connectivity index (χ3n) is 5.63. The number of aryl methyl sites for hydroxylation is 1. The minimum Gasteiger partial charge on any atom is -0.505 e. The predicted molar refractivity (Wildman–Crippen MR) is 133 cm³/mol. The molecule has 0 unspecified atom stereocenters. The van der Waals surface area contributed by atoms with Crippen molar-refractivity contribution in [1.82, 2.24) is 9.78 Å². The highest BCUT2D eigenvalue weighted by molar-refractivity contribution is 7.92. The minimum absolute atomic E-state index is 0.0456. The number of thiophene rings is 1. The van der Waals surface area contributed by atoms with Gasteiger partial charge in [0.25, 0.3) is 15.6 Å². The van der Waals surface area contributed by atoms with Gasteiger partial charge in [0, 0.05) is 23.2 Å². The zero-order chi connectivity index (χ0) is 25.0. The molecule has 14 heteroatoms. The standard InChI is InChI=1S/C21H21N5O6S3/c1-34(29,30)24-14-4-5-15-16(10-14)35(31,32)25-20(22-15)17-19(27)18(13-7-9-33-11-13)23-26(21(17)28)8-6-12-2-3-12/h4-5,7,9-12,24,27H,2-3,6,8H2,1H3,(H,22,25). The lowest BCUT2D eigenvalue weighted by Crippen LogP contribution is -2.34. The summed E-state index contributed by atoms with van der Waals surface area (Å²) in [6.45, 7) is 0.324. The van der Waals surface area contributed by atoms with Crippen LogP contribution >= 0.6 is 11.3 Å². The molecule has 2 aromatic heterocycles.